The standard InChI is InChI=1S/C22H17ClN2OS2/c23-17-6-4-16(5-7-17)21-13-12-20(27-21)15-25-28-19-10-8-18(9-11-19)26-22-3-1-2-14-24-22/h1-14,25H,15H2. The molecule has 28 heavy (non-hydrogen) atoms. The van der Waals surface area contributed by atoms with E-state index in [0.29, 0.717) is 5.88 Å². The SMILES string of the molecule is Clc1ccc(-c2ccc(CNSc3ccc(Oc4ccccn4)cc3)s2)cc1. The van der Waals surface area contributed by atoms with Crippen LogP contribution in [-0.2, 0) is 6.54 Å². The Morgan fingerprint density at radius 2 is 1.75 bits per heavy atom. The minimum absolute atomic E-state index is 0.593. The minimum Gasteiger partial charge on any atom is -0.439 e. The van der Waals surface area contributed by atoms with E-state index in [2.05, 4.69) is 34.0 Å². The highest BCUT2D eigenvalue weighted by Gasteiger charge is 2.04. The molecule has 0 amide bonds. The lowest BCUT2D eigenvalue weighted by molar-refractivity contribution is 0.462. The minimum atomic E-state index is 0.593. The van der Waals surface area contributed by atoms with Crippen LogP contribution in [0.25, 0.3) is 10.4 Å². The van der Waals surface area contributed by atoms with Crippen LogP contribution in [0.5, 0.6) is 11.6 Å². The summed E-state index contributed by atoms with van der Waals surface area (Å²) in [6, 6.07) is 25.8. The number of thiophene rings is 1. The van der Waals surface area contributed by atoms with Crippen molar-refractivity contribution in [1.82, 2.24) is 9.71 Å². The second-order valence-electron chi connectivity index (χ2n) is 5.94. The number of nitrogens with zero attached hydrogens (tertiary/aromatic N) is 1. The van der Waals surface area contributed by atoms with E-state index in [9.17, 15) is 0 Å². The molecule has 140 valence electrons. The van der Waals surface area contributed by atoms with Crippen LogP contribution in [0.3, 0.4) is 0 Å². The fourth-order valence-corrected chi connectivity index (χ4v) is 4.37. The first-order valence-electron chi connectivity index (χ1n) is 8.69. The molecule has 4 rings (SSSR count). The molecule has 0 radical (unpaired) electrons. The van der Waals surface area contributed by atoms with Gasteiger partial charge in [-0.2, -0.15) is 0 Å². The van der Waals surface area contributed by atoms with Gasteiger partial charge in [0.25, 0.3) is 0 Å². The molecule has 4 aromatic rings. The van der Waals surface area contributed by atoms with E-state index < -0.39 is 0 Å². The van der Waals surface area contributed by atoms with Gasteiger partial charge in [-0.3, -0.25) is 4.72 Å². The van der Waals surface area contributed by atoms with Gasteiger partial charge in [-0.1, -0.05) is 29.8 Å². The van der Waals surface area contributed by atoms with Crippen LogP contribution < -0.4 is 9.46 Å². The summed E-state index contributed by atoms with van der Waals surface area (Å²) in [4.78, 5) is 7.82. The molecule has 0 aliphatic carbocycles. The normalized spacial score (nSPS) is 10.8. The summed E-state index contributed by atoms with van der Waals surface area (Å²) in [6.07, 6.45) is 1.71. The first-order valence-corrected chi connectivity index (χ1v) is 10.7. The van der Waals surface area contributed by atoms with Gasteiger partial charge in [-0.25, -0.2) is 4.98 Å². The molecular weight excluding hydrogens is 408 g/mol. The summed E-state index contributed by atoms with van der Waals surface area (Å²) in [6.45, 7) is 0.801. The number of halogens is 1. The van der Waals surface area contributed by atoms with Crippen molar-refractivity contribution in [1.29, 1.82) is 0 Å². The predicted molar refractivity (Wildman–Crippen MR) is 118 cm³/mol. The van der Waals surface area contributed by atoms with Crippen LogP contribution in [0.4, 0.5) is 0 Å². The van der Waals surface area contributed by atoms with Crippen molar-refractivity contribution in [2.24, 2.45) is 0 Å². The Kier molecular flexibility index (Phi) is 6.29. The van der Waals surface area contributed by atoms with Crippen LogP contribution in [0, 0.1) is 0 Å². The number of pyridine rings is 1. The maximum absolute atomic E-state index is 5.96. The third kappa shape index (κ3) is 5.14. The Morgan fingerprint density at radius 3 is 2.50 bits per heavy atom. The molecule has 0 saturated heterocycles. The quantitative estimate of drug-likeness (QED) is 0.322. The first kappa shape index (κ1) is 19.0. The zero-order valence-corrected chi connectivity index (χ0v) is 17.2. The molecule has 2 aromatic heterocycles. The monoisotopic (exact) mass is 424 g/mol. The number of hydrogen-bond donors (Lipinski definition) is 1. The van der Waals surface area contributed by atoms with E-state index in [1.165, 1.54) is 15.3 Å². The molecule has 0 aliphatic rings. The molecule has 0 unspecified atom stereocenters. The summed E-state index contributed by atoms with van der Waals surface area (Å²) in [5.74, 6) is 1.36. The average Bonchev–Trinajstić information content (AvgIpc) is 3.20. The maximum atomic E-state index is 5.96. The highest BCUT2D eigenvalue weighted by Crippen LogP contribution is 2.30. The summed E-state index contributed by atoms with van der Waals surface area (Å²) in [5.41, 5.74) is 1.19. The zero-order valence-electron chi connectivity index (χ0n) is 14.8. The van der Waals surface area contributed by atoms with Gasteiger partial charge in [0.05, 0.1) is 0 Å². The molecule has 6 heteroatoms. The molecule has 0 bridgehead atoms. The van der Waals surface area contributed by atoms with Gasteiger partial charge in [-0.05, 0) is 72.1 Å². The average molecular weight is 425 g/mol. The van der Waals surface area contributed by atoms with E-state index in [1.807, 2.05) is 54.6 Å². The van der Waals surface area contributed by atoms with Crippen LogP contribution >= 0.6 is 34.9 Å². The number of ether oxygens (including phenoxy) is 1. The molecule has 3 nitrogen and oxygen atoms in total. The van der Waals surface area contributed by atoms with Crippen LogP contribution in [0.2, 0.25) is 5.02 Å². The van der Waals surface area contributed by atoms with Gasteiger partial charge in [0, 0.05) is 38.5 Å². The number of rotatable bonds is 7. The van der Waals surface area contributed by atoms with Gasteiger partial charge in [0.15, 0.2) is 0 Å². The fraction of sp³-hybridized carbons (Fsp3) is 0.0455. The highest BCUT2D eigenvalue weighted by atomic mass is 35.5. The molecule has 0 spiro atoms. The van der Waals surface area contributed by atoms with E-state index in [0.717, 1.165) is 22.2 Å². The summed E-state index contributed by atoms with van der Waals surface area (Å²) < 4.78 is 9.13. The smallest absolute Gasteiger partial charge is 0.219 e. The molecule has 2 heterocycles. The van der Waals surface area contributed by atoms with Gasteiger partial charge < -0.3 is 4.74 Å². The first-order chi connectivity index (χ1) is 13.8. The van der Waals surface area contributed by atoms with Crippen molar-refractivity contribution >= 4 is 34.9 Å². The van der Waals surface area contributed by atoms with Crippen molar-refractivity contribution in [3.05, 3.63) is 95.0 Å². The van der Waals surface area contributed by atoms with E-state index in [1.54, 1.807) is 29.5 Å². The maximum Gasteiger partial charge on any atom is 0.219 e. The number of nitrogens with one attached hydrogen (secondary N) is 1. The Labute approximate surface area is 177 Å². The van der Waals surface area contributed by atoms with Crippen LogP contribution in [-0.4, -0.2) is 4.98 Å². The Hall–Kier alpha value is -2.31. The molecule has 0 fully saturated rings. The van der Waals surface area contributed by atoms with Gasteiger partial charge in [0.2, 0.25) is 5.88 Å². The molecular formula is C22H17ClN2OS2. The molecule has 0 atom stereocenters. The van der Waals surface area contributed by atoms with Crippen molar-refractivity contribution in [3.63, 3.8) is 0 Å². The van der Waals surface area contributed by atoms with E-state index in [4.69, 9.17) is 16.3 Å². The van der Waals surface area contributed by atoms with E-state index in [-0.39, 0.29) is 0 Å². The third-order valence-corrected chi connectivity index (χ3v) is 6.09. The Morgan fingerprint density at radius 1 is 0.929 bits per heavy atom. The lowest BCUT2D eigenvalue weighted by Gasteiger charge is -2.06. The summed E-state index contributed by atoms with van der Waals surface area (Å²) in [5, 5.41) is 0.759. The van der Waals surface area contributed by atoms with Crippen molar-refractivity contribution in [2.75, 3.05) is 0 Å². The van der Waals surface area contributed by atoms with Gasteiger partial charge >= 0.3 is 0 Å². The lowest BCUT2D eigenvalue weighted by Crippen LogP contribution is -2.00. The lowest BCUT2D eigenvalue weighted by atomic mass is 10.2. The van der Waals surface area contributed by atoms with Gasteiger partial charge in [-0.15, -0.1) is 11.3 Å². The van der Waals surface area contributed by atoms with Gasteiger partial charge in [0.1, 0.15) is 5.75 Å². The summed E-state index contributed by atoms with van der Waals surface area (Å²) >= 11 is 9.35. The van der Waals surface area contributed by atoms with E-state index >= 15 is 0 Å². The molecule has 0 saturated carbocycles. The largest absolute Gasteiger partial charge is 0.439 e. The predicted octanol–water partition coefficient (Wildman–Crippen LogP) is 7.05. The Bertz CT molecular complexity index is 1020. The zero-order chi connectivity index (χ0) is 19.2. The second-order valence-corrected chi connectivity index (χ2v) is 8.51. The molecule has 2 aromatic carbocycles. The molecule has 1 N–H and O–H groups in total. The number of hydrogen-bond acceptors (Lipinski definition) is 5. The third-order valence-electron chi connectivity index (χ3n) is 3.91. The highest BCUT2D eigenvalue weighted by molar-refractivity contribution is 7.97. The fourth-order valence-electron chi connectivity index (χ4n) is 2.54. The number of aromatic nitrogens is 1. The van der Waals surface area contributed by atoms with Crippen molar-refractivity contribution in [3.8, 4) is 22.1 Å². The van der Waals surface area contributed by atoms with Crippen LogP contribution in [0.1, 0.15) is 4.88 Å². The van der Waals surface area contributed by atoms with Crippen molar-refractivity contribution < 1.29 is 4.74 Å². The second kappa shape index (κ2) is 9.26. The number of benzene rings is 2. The van der Waals surface area contributed by atoms with Crippen molar-refractivity contribution in [2.45, 2.75) is 11.4 Å². The Balaban J connectivity index is 1.29. The van der Waals surface area contributed by atoms with Crippen LogP contribution in [0.15, 0.2) is 90.0 Å². The molecule has 0 aliphatic heterocycles. The summed E-state index contributed by atoms with van der Waals surface area (Å²) in [7, 11) is 0. The topological polar surface area (TPSA) is 34.1 Å².